The molecule has 0 saturated heterocycles. The summed E-state index contributed by atoms with van der Waals surface area (Å²) in [6, 6.07) is 6.06. The van der Waals surface area contributed by atoms with E-state index in [1.165, 1.54) is 25.2 Å². The zero-order valence-corrected chi connectivity index (χ0v) is 8.88. The first-order chi connectivity index (χ1) is 7.67. The molecule has 1 rings (SSSR count). The zero-order chi connectivity index (χ0) is 12.0. The fraction of sp³-hybridized carbons (Fsp3) is 0.273. The quantitative estimate of drug-likeness (QED) is 0.779. The Bertz CT molecular complexity index is 426. The molecule has 2 N–H and O–H groups in total. The van der Waals surface area contributed by atoms with Crippen molar-refractivity contribution in [3.8, 4) is 6.07 Å². The Labute approximate surface area is 93.1 Å². The van der Waals surface area contributed by atoms with Gasteiger partial charge >= 0.3 is 0 Å². The number of hydrogen-bond acceptors (Lipinski definition) is 3. The van der Waals surface area contributed by atoms with Crippen molar-refractivity contribution in [3.05, 3.63) is 35.1 Å². The van der Waals surface area contributed by atoms with E-state index in [1.54, 1.807) is 0 Å². The molecular formula is C11H12FN3O. The topological polar surface area (TPSA) is 64.9 Å². The molecule has 0 aromatic heterocycles. The first-order valence-electron chi connectivity index (χ1n) is 4.77. The minimum Gasteiger partial charge on any atom is -0.358 e. The second-order valence-electron chi connectivity index (χ2n) is 3.19. The third kappa shape index (κ3) is 3.33. The summed E-state index contributed by atoms with van der Waals surface area (Å²) in [4.78, 5) is 10.9. The summed E-state index contributed by atoms with van der Waals surface area (Å²) in [6.45, 7) is 0.335. The normalized spacial score (nSPS) is 9.56. The SMILES string of the molecule is CNC(=O)CNCc1cc(C#N)ccc1F. The van der Waals surface area contributed by atoms with Crippen molar-refractivity contribution < 1.29 is 9.18 Å². The number of nitrogens with zero attached hydrogens (tertiary/aromatic N) is 1. The lowest BCUT2D eigenvalue weighted by atomic mass is 10.1. The Hall–Kier alpha value is -1.93. The maximum atomic E-state index is 13.3. The molecule has 0 bridgehead atoms. The van der Waals surface area contributed by atoms with Crippen LogP contribution in [-0.2, 0) is 11.3 Å². The highest BCUT2D eigenvalue weighted by atomic mass is 19.1. The first kappa shape index (κ1) is 12.1. The van der Waals surface area contributed by atoms with Crippen molar-refractivity contribution in [2.24, 2.45) is 0 Å². The van der Waals surface area contributed by atoms with Crippen LogP contribution in [0.15, 0.2) is 18.2 Å². The van der Waals surface area contributed by atoms with Crippen molar-refractivity contribution in [1.29, 1.82) is 5.26 Å². The van der Waals surface area contributed by atoms with Gasteiger partial charge in [-0.05, 0) is 18.2 Å². The molecule has 0 radical (unpaired) electrons. The van der Waals surface area contributed by atoms with E-state index in [4.69, 9.17) is 5.26 Å². The summed E-state index contributed by atoms with van der Waals surface area (Å²) in [5.41, 5.74) is 0.779. The van der Waals surface area contributed by atoms with E-state index in [0.29, 0.717) is 11.1 Å². The van der Waals surface area contributed by atoms with Gasteiger partial charge in [-0.25, -0.2) is 4.39 Å². The molecule has 0 heterocycles. The van der Waals surface area contributed by atoms with E-state index in [1.807, 2.05) is 6.07 Å². The molecule has 1 amide bonds. The smallest absolute Gasteiger partial charge is 0.233 e. The van der Waals surface area contributed by atoms with Gasteiger partial charge in [0.05, 0.1) is 18.2 Å². The predicted octanol–water partition coefficient (Wildman–Crippen LogP) is 0.533. The molecule has 4 nitrogen and oxygen atoms in total. The van der Waals surface area contributed by atoms with E-state index in [2.05, 4.69) is 10.6 Å². The number of nitrogens with one attached hydrogen (secondary N) is 2. The van der Waals surface area contributed by atoms with Crippen LogP contribution in [0.2, 0.25) is 0 Å². The van der Waals surface area contributed by atoms with Gasteiger partial charge in [0.2, 0.25) is 5.91 Å². The highest BCUT2D eigenvalue weighted by molar-refractivity contribution is 5.77. The van der Waals surface area contributed by atoms with Gasteiger partial charge in [0, 0.05) is 19.2 Å². The number of hydrogen-bond donors (Lipinski definition) is 2. The van der Waals surface area contributed by atoms with Crippen LogP contribution < -0.4 is 10.6 Å². The molecule has 0 aliphatic heterocycles. The monoisotopic (exact) mass is 221 g/mol. The Morgan fingerprint density at radius 1 is 1.56 bits per heavy atom. The van der Waals surface area contributed by atoms with Gasteiger partial charge < -0.3 is 10.6 Å². The van der Waals surface area contributed by atoms with Crippen molar-refractivity contribution in [1.82, 2.24) is 10.6 Å². The van der Waals surface area contributed by atoms with E-state index >= 15 is 0 Å². The average Bonchev–Trinajstić information content (AvgIpc) is 2.31. The molecule has 0 aliphatic rings. The number of carbonyl (C=O) groups is 1. The van der Waals surface area contributed by atoms with Crippen LogP contribution in [0.4, 0.5) is 4.39 Å². The minimum absolute atomic E-state index is 0.118. The summed E-state index contributed by atoms with van der Waals surface area (Å²) in [7, 11) is 1.53. The number of amides is 1. The highest BCUT2D eigenvalue weighted by Gasteiger charge is 2.04. The van der Waals surface area contributed by atoms with Gasteiger partial charge in [-0.15, -0.1) is 0 Å². The third-order valence-corrected chi connectivity index (χ3v) is 2.05. The van der Waals surface area contributed by atoms with Crippen molar-refractivity contribution in [2.75, 3.05) is 13.6 Å². The van der Waals surface area contributed by atoms with Gasteiger partial charge in [0.15, 0.2) is 0 Å². The van der Waals surface area contributed by atoms with Crippen LogP contribution in [0.5, 0.6) is 0 Å². The Morgan fingerprint density at radius 2 is 2.31 bits per heavy atom. The van der Waals surface area contributed by atoms with E-state index in [0.717, 1.165) is 0 Å². The minimum atomic E-state index is -0.386. The molecule has 84 valence electrons. The van der Waals surface area contributed by atoms with Crippen molar-refractivity contribution in [2.45, 2.75) is 6.54 Å². The molecule has 0 unspecified atom stereocenters. The maximum absolute atomic E-state index is 13.3. The Kier molecular flexibility index (Phi) is 4.42. The fourth-order valence-corrected chi connectivity index (χ4v) is 1.18. The predicted molar refractivity (Wildman–Crippen MR) is 56.9 cm³/mol. The Balaban J connectivity index is 2.60. The molecule has 1 aromatic carbocycles. The standard InChI is InChI=1S/C11H12FN3O/c1-14-11(16)7-15-6-9-4-8(5-13)2-3-10(9)12/h2-4,15H,6-7H2,1H3,(H,14,16). The summed E-state index contributed by atoms with van der Waals surface area (Å²) >= 11 is 0. The van der Waals surface area contributed by atoms with Crippen LogP contribution in [0.25, 0.3) is 0 Å². The zero-order valence-electron chi connectivity index (χ0n) is 8.88. The van der Waals surface area contributed by atoms with Gasteiger partial charge in [-0.3, -0.25) is 4.79 Å². The first-order valence-corrected chi connectivity index (χ1v) is 4.77. The number of rotatable bonds is 4. The third-order valence-electron chi connectivity index (χ3n) is 2.05. The van der Waals surface area contributed by atoms with E-state index in [-0.39, 0.29) is 24.8 Å². The molecule has 16 heavy (non-hydrogen) atoms. The summed E-state index contributed by atoms with van der Waals surface area (Å²) in [6.07, 6.45) is 0. The number of benzene rings is 1. The highest BCUT2D eigenvalue weighted by Crippen LogP contribution is 2.09. The number of carbonyl (C=O) groups excluding carboxylic acids is 1. The van der Waals surface area contributed by atoms with Crippen LogP contribution in [-0.4, -0.2) is 19.5 Å². The van der Waals surface area contributed by atoms with Crippen molar-refractivity contribution >= 4 is 5.91 Å². The second-order valence-corrected chi connectivity index (χ2v) is 3.19. The molecule has 0 atom stereocenters. The molecular weight excluding hydrogens is 209 g/mol. The molecule has 0 fully saturated rings. The van der Waals surface area contributed by atoms with Gasteiger partial charge in [-0.1, -0.05) is 0 Å². The Morgan fingerprint density at radius 3 is 2.94 bits per heavy atom. The number of nitriles is 1. The molecule has 5 heteroatoms. The fourth-order valence-electron chi connectivity index (χ4n) is 1.18. The van der Waals surface area contributed by atoms with Gasteiger partial charge in [0.1, 0.15) is 5.82 Å². The lowest BCUT2D eigenvalue weighted by molar-refractivity contribution is -0.119. The molecule has 0 aliphatic carbocycles. The van der Waals surface area contributed by atoms with Crippen LogP contribution in [0.1, 0.15) is 11.1 Å². The second kappa shape index (κ2) is 5.83. The molecule has 0 spiro atoms. The lowest BCUT2D eigenvalue weighted by Gasteiger charge is -2.05. The largest absolute Gasteiger partial charge is 0.358 e. The van der Waals surface area contributed by atoms with Crippen molar-refractivity contribution in [3.63, 3.8) is 0 Å². The number of halogens is 1. The van der Waals surface area contributed by atoms with Crippen LogP contribution in [0.3, 0.4) is 0 Å². The van der Waals surface area contributed by atoms with Gasteiger partial charge in [0.25, 0.3) is 0 Å². The van der Waals surface area contributed by atoms with Crippen LogP contribution in [0, 0.1) is 17.1 Å². The lowest BCUT2D eigenvalue weighted by Crippen LogP contribution is -2.31. The summed E-state index contributed by atoms with van der Waals surface area (Å²) in [5.74, 6) is -0.555. The maximum Gasteiger partial charge on any atom is 0.233 e. The molecule has 1 aromatic rings. The van der Waals surface area contributed by atoms with Crippen LogP contribution >= 0.6 is 0 Å². The van der Waals surface area contributed by atoms with Gasteiger partial charge in [-0.2, -0.15) is 5.26 Å². The summed E-state index contributed by atoms with van der Waals surface area (Å²) < 4.78 is 13.3. The number of likely N-dealkylation sites (N-methyl/N-ethyl adjacent to an activating group) is 1. The average molecular weight is 221 g/mol. The van der Waals surface area contributed by atoms with E-state index < -0.39 is 0 Å². The summed E-state index contributed by atoms with van der Waals surface area (Å²) in [5, 5.41) is 13.9. The van der Waals surface area contributed by atoms with E-state index in [9.17, 15) is 9.18 Å². The molecule has 0 saturated carbocycles.